The Morgan fingerprint density at radius 1 is 1.32 bits per heavy atom. The van der Waals surface area contributed by atoms with Gasteiger partial charge in [-0.05, 0) is 50.0 Å². The first-order valence-corrected chi connectivity index (χ1v) is 6.41. The van der Waals surface area contributed by atoms with Crippen LogP contribution < -0.4 is 5.32 Å². The van der Waals surface area contributed by atoms with Crippen LogP contribution in [0.4, 0.5) is 13.2 Å². The van der Waals surface area contributed by atoms with Crippen molar-refractivity contribution in [3.63, 3.8) is 0 Å². The average Bonchev–Trinajstić information content (AvgIpc) is 2.31. The van der Waals surface area contributed by atoms with Crippen molar-refractivity contribution in [3.05, 3.63) is 35.4 Å². The van der Waals surface area contributed by atoms with Crippen LogP contribution in [0.2, 0.25) is 0 Å². The number of hydrogen-bond donors (Lipinski definition) is 1. The van der Waals surface area contributed by atoms with Crippen LogP contribution in [0.15, 0.2) is 24.3 Å². The largest absolute Gasteiger partial charge is 0.416 e. The van der Waals surface area contributed by atoms with Gasteiger partial charge in [-0.2, -0.15) is 13.2 Å². The molecule has 0 radical (unpaired) electrons. The maximum atomic E-state index is 12.5. The molecular formula is C14H18F3NO. The van der Waals surface area contributed by atoms with E-state index < -0.39 is 11.7 Å². The fourth-order valence-corrected chi connectivity index (χ4v) is 2.32. The highest BCUT2D eigenvalue weighted by Crippen LogP contribution is 2.32. The molecule has 1 saturated carbocycles. The van der Waals surface area contributed by atoms with Crippen LogP contribution >= 0.6 is 0 Å². The molecule has 2 rings (SSSR count). The number of benzene rings is 1. The second kappa shape index (κ2) is 5.92. The molecule has 0 amide bonds. The maximum absolute atomic E-state index is 12.5. The van der Waals surface area contributed by atoms with Gasteiger partial charge in [-0.1, -0.05) is 12.1 Å². The van der Waals surface area contributed by atoms with Crippen molar-refractivity contribution in [1.82, 2.24) is 5.32 Å². The summed E-state index contributed by atoms with van der Waals surface area (Å²) < 4.78 is 43.2. The molecule has 0 aromatic heterocycles. The van der Waals surface area contributed by atoms with E-state index in [2.05, 4.69) is 5.32 Å². The molecular weight excluding hydrogens is 255 g/mol. The third-order valence-corrected chi connectivity index (χ3v) is 3.43. The Balaban J connectivity index is 1.81. The number of hydrogen-bond acceptors (Lipinski definition) is 2. The normalized spacial score (nSPS) is 23.2. The van der Waals surface area contributed by atoms with Crippen molar-refractivity contribution >= 4 is 0 Å². The highest BCUT2D eigenvalue weighted by molar-refractivity contribution is 5.25. The number of alkyl halides is 3. The summed E-state index contributed by atoms with van der Waals surface area (Å²) in [4.78, 5) is 0. The van der Waals surface area contributed by atoms with Crippen molar-refractivity contribution in [3.8, 4) is 0 Å². The Bertz CT molecular complexity index is 413. The standard InChI is InChI=1S/C14H18F3NO/c1-18-8-11-6-13(7-11)19-9-10-3-2-4-12(5-10)14(15,16)17/h2-5,11,13,18H,6-9H2,1H3. The van der Waals surface area contributed by atoms with Crippen molar-refractivity contribution in [2.45, 2.75) is 31.7 Å². The predicted molar refractivity (Wildman–Crippen MR) is 66.7 cm³/mol. The van der Waals surface area contributed by atoms with Gasteiger partial charge in [0.15, 0.2) is 0 Å². The SMILES string of the molecule is CNCC1CC(OCc2cccc(C(F)(F)F)c2)C1. The molecule has 0 spiro atoms. The summed E-state index contributed by atoms with van der Waals surface area (Å²) in [5, 5.41) is 3.11. The number of ether oxygens (including phenoxy) is 1. The van der Waals surface area contributed by atoms with Gasteiger partial charge in [0, 0.05) is 0 Å². The number of rotatable bonds is 5. The monoisotopic (exact) mass is 273 g/mol. The van der Waals surface area contributed by atoms with Crippen LogP contribution in [-0.4, -0.2) is 19.7 Å². The topological polar surface area (TPSA) is 21.3 Å². The molecule has 106 valence electrons. The first kappa shape index (κ1) is 14.3. The Labute approximate surface area is 111 Å². The van der Waals surface area contributed by atoms with Crippen LogP contribution in [0.25, 0.3) is 0 Å². The fourth-order valence-electron chi connectivity index (χ4n) is 2.32. The summed E-state index contributed by atoms with van der Waals surface area (Å²) in [6, 6.07) is 5.32. The van der Waals surface area contributed by atoms with Gasteiger partial charge < -0.3 is 10.1 Å². The van der Waals surface area contributed by atoms with Crippen molar-refractivity contribution in [1.29, 1.82) is 0 Å². The fraction of sp³-hybridized carbons (Fsp3) is 0.571. The van der Waals surface area contributed by atoms with Crippen LogP contribution in [0.3, 0.4) is 0 Å². The zero-order chi connectivity index (χ0) is 13.9. The van der Waals surface area contributed by atoms with Gasteiger partial charge in [-0.15, -0.1) is 0 Å². The van der Waals surface area contributed by atoms with Crippen LogP contribution in [0.1, 0.15) is 24.0 Å². The second-order valence-corrected chi connectivity index (χ2v) is 5.03. The minimum Gasteiger partial charge on any atom is -0.374 e. The molecule has 1 aromatic rings. The lowest BCUT2D eigenvalue weighted by molar-refractivity contribution is -0.137. The van der Waals surface area contributed by atoms with Gasteiger partial charge in [-0.25, -0.2) is 0 Å². The molecule has 0 atom stereocenters. The predicted octanol–water partition coefficient (Wildman–Crippen LogP) is 3.22. The van der Waals surface area contributed by atoms with E-state index in [-0.39, 0.29) is 12.7 Å². The van der Waals surface area contributed by atoms with Crippen LogP contribution in [0.5, 0.6) is 0 Å². The highest BCUT2D eigenvalue weighted by atomic mass is 19.4. The third-order valence-electron chi connectivity index (χ3n) is 3.43. The van der Waals surface area contributed by atoms with Crippen LogP contribution in [0, 0.1) is 5.92 Å². The lowest BCUT2D eigenvalue weighted by atomic mass is 9.82. The quantitative estimate of drug-likeness (QED) is 0.889. The Morgan fingerprint density at radius 3 is 2.68 bits per heavy atom. The summed E-state index contributed by atoms with van der Waals surface area (Å²) >= 11 is 0. The summed E-state index contributed by atoms with van der Waals surface area (Å²) in [5.41, 5.74) is -0.0397. The molecule has 5 heteroatoms. The van der Waals surface area contributed by atoms with Gasteiger partial charge in [-0.3, -0.25) is 0 Å². The van der Waals surface area contributed by atoms with E-state index in [0.717, 1.165) is 31.5 Å². The smallest absolute Gasteiger partial charge is 0.374 e. The molecule has 2 nitrogen and oxygen atoms in total. The second-order valence-electron chi connectivity index (χ2n) is 5.03. The van der Waals surface area contributed by atoms with Gasteiger partial charge in [0.25, 0.3) is 0 Å². The molecule has 0 heterocycles. The number of nitrogens with one attached hydrogen (secondary N) is 1. The Morgan fingerprint density at radius 2 is 2.05 bits per heavy atom. The molecule has 0 saturated heterocycles. The van der Waals surface area contributed by atoms with E-state index in [9.17, 15) is 13.2 Å². The molecule has 0 bridgehead atoms. The summed E-state index contributed by atoms with van der Waals surface area (Å²) in [7, 11) is 1.91. The average molecular weight is 273 g/mol. The van der Waals surface area contributed by atoms with E-state index in [1.165, 1.54) is 6.07 Å². The zero-order valence-corrected chi connectivity index (χ0v) is 10.8. The Hall–Kier alpha value is -1.07. The first-order chi connectivity index (χ1) is 8.99. The van der Waals surface area contributed by atoms with E-state index in [4.69, 9.17) is 4.74 Å². The minimum atomic E-state index is -4.29. The molecule has 0 unspecified atom stereocenters. The molecule has 19 heavy (non-hydrogen) atoms. The summed E-state index contributed by atoms with van der Waals surface area (Å²) in [6.45, 7) is 1.23. The minimum absolute atomic E-state index is 0.188. The van der Waals surface area contributed by atoms with Gasteiger partial charge >= 0.3 is 6.18 Å². The van der Waals surface area contributed by atoms with E-state index in [1.807, 2.05) is 7.05 Å². The van der Waals surface area contributed by atoms with E-state index in [1.54, 1.807) is 6.07 Å². The maximum Gasteiger partial charge on any atom is 0.416 e. The van der Waals surface area contributed by atoms with Crippen molar-refractivity contribution < 1.29 is 17.9 Å². The first-order valence-electron chi connectivity index (χ1n) is 6.41. The zero-order valence-electron chi connectivity index (χ0n) is 10.8. The van der Waals surface area contributed by atoms with Crippen LogP contribution in [-0.2, 0) is 17.5 Å². The number of halogens is 3. The highest BCUT2D eigenvalue weighted by Gasteiger charge is 2.31. The summed E-state index contributed by atoms with van der Waals surface area (Å²) in [5.74, 6) is 0.636. The van der Waals surface area contributed by atoms with Crippen molar-refractivity contribution in [2.24, 2.45) is 5.92 Å². The molecule has 0 aliphatic heterocycles. The summed E-state index contributed by atoms with van der Waals surface area (Å²) in [6.07, 6.45) is -2.13. The molecule has 1 fully saturated rings. The molecule has 1 aliphatic carbocycles. The van der Waals surface area contributed by atoms with Gasteiger partial charge in [0.1, 0.15) is 0 Å². The Kier molecular flexibility index (Phi) is 4.47. The van der Waals surface area contributed by atoms with E-state index >= 15 is 0 Å². The molecule has 1 N–H and O–H groups in total. The lowest BCUT2D eigenvalue weighted by Crippen LogP contribution is -2.36. The van der Waals surface area contributed by atoms with Crippen molar-refractivity contribution in [2.75, 3.05) is 13.6 Å². The third kappa shape index (κ3) is 3.94. The van der Waals surface area contributed by atoms with Gasteiger partial charge in [0.05, 0.1) is 18.3 Å². The molecule has 1 aromatic carbocycles. The lowest BCUT2D eigenvalue weighted by Gasteiger charge is -2.35. The molecule has 1 aliphatic rings. The van der Waals surface area contributed by atoms with E-state index in [0.29, 0.717) is 11.5 Å². The van der Waals surface area contributed by atoms with Gasteiger partial charge in [0.2, 0.25) is 0 Å².